The van der Waals surface area contributed by atoms with E-state index in [2.05, 4.69) is 33.6 Å². The Morgan fingerprint density at radius 2 is 1.23 bits per heavy atom. The Morgan fingerprint density at radius 3 is 1.77 bits per heavy atom. The third-order valence-corrected chi connectivity index (χ3v) is 5.51. The summed E-state index contributed by atoms with van der Waals surface area (Å²) >= 11 is 0. The Bertz CT molecular complexity index is 1810. The molecule has 4 heterocycles. The number of halogens is 2. The zero-order valence-corrected chi connectivity index (χ0v) is 26.5. The van der Waals surface area contributed by atoms with Crippen molar-refractivity contribution in [3.63, 3.8) is 0 Å². The first-order chi connectivity index (χ1) is 20.8. The number of aromatic nitrogens is 4. The Balaban J connectivity index is 0.000000240. The van der Waals surface area contributed by atoms with Crippen LogP contribution in [0.25, 0.3) is 21.8 Å². The van der Waals surface area contributed by atoms with E-state index in [1.165, 1.54) is 12.3 Å². The second kappa shape index (κ2) is 16.7. The summed E-state index contributed by atoms with van der Waals surface area (Å²) in [6.07, 6.45) is 5.58. The number of fused-ring (bicyclic) bond motifs is 2. The predicted molar refractivity (Wildman–Crippen MR) is 158 cm³/mol. The number of rotatable bonds is 3. The maximum Gasteiger partial charge on any atom is 0.337 e. The van der Waals surface area contributed by atoms with Gasteiger partial charge in [0, 0.05) is 75.0 Å². The summed E-state index contributed by atoms with van der Waals surface area (Å²) in [5, 5.41) is 13.1. The van der Waals surface area contributed by atoms with Gasteiger partial charge in [0.15, 0.2) is 0 Å². The van der Waals surface area contributed by atoms with Gasteiger partial charge in [0.2, 0.25) is 11.9 Å². The van der Waals surface area contributed by atoms with Crippen LogP contribution in [0.15, 0.2) is 110 Å². The number of hydrogen-bond donors (Lipinski definition) is 3. The molecule has 0 fully saturated rings. The van der Waals surface area contributed by atoms with Crippen LogP contribution in [0.5, 0.6) is 0 Å². The number of amides is 1. The summed E-state index contributed by atoms with van der Waals surface area (Å²) in [4.78, 5) is 37.2. The maximum absolute atomic E-state index is 12.7. The number of carbonyl (C=O) groups excluding carboxylic acids is 1. The van der Waals surface area contributed by atoms with Gasteiger partial charge in [0.05, 0.1) is 33.5 Å². The molecule has 6 rings (SSSR count). The van der Waals surface area contributed by atoms with E-state index >= 15 is 0 Å². The summed E-state index contributed by atoms with van der Waals surface area (Å²) in [6.45, 7) is 0. The van der Waals surface area contributed by atoms with Gasteiger partial charge in [-0.05, 0) is 49.9 Å². The van der Waals surface area contributed by atoms with Crippen LogP contribution in [0.3, 0.4) is 0 Å². The van der Waals surface area contributed by atoms with Crippen molar-refractivity contribution in [2.75, 3.05) is 11.1 Å². The van der Waals surface area contributed by atoms with Crippen molar-refractivity contribution in [1.82, 2.24) is 19.9 Å². The summed E-state index contributed by atoms with van der Waals surface area (Å²) in [5.41, 5.74) is 8.91. The van der Waals surface area contributed by atoms with Crippen molar-refractivity contribution in [3.05, 3.63) is 133 Å². The van der Waals surface area contributed by atoms with Crippen LogP contribution >= 0.6 is 0 Å². The number of pyridine rings is 4. The molecule has 13 heteroatoms. The van der Waals surface area contributed by atoms with Gasteiger partial charge in [0.1, 0.15) is 0 Å². The first-order valence-electron chi connectivity index (χ1n) is 12.6. The number of benzene rings is 2. The van der Waals surface area contributed by atoms with Crippen LogP contribution in [-0.4, -0.2) is 46.6 Å². The minimum atomic E-state index is -1.10. The minimum absolute atomic E-state index is 0. The second-order valence-electron chi connectivity index (χ2n) is 8.30. The minimum Gasteiger partial charge on any atom is -0.478 e. The average molecular weight is 804 g/mol. The standard InChI is InChI=1S/C15H10FN3O.C9H8N2.C6H4FNO2.BH.U/c16-13-7-6-11(9-18-13)15(20)19-12-5-1-3-10-4-2-8-17-14(10)12;10-8-5-1-3-7-4-2-6-11-9(7)8;7-5-2-1-4(3-8-5)6(9)10;;/h1-9H,(H,19,20);1-6H,10H2;1-3H,(H,9,10);1H;/i;;;1T;. The van der Waals surface area contributed by atoms with E-state index in [-0.39, 0.29) is 42.6 Å². The van der Waals surface area contributed by atoms with Crippen LogP contribution in [0.4, 0.5) is 20.2 Å². The zero-order valence-electron chi connectivity index (χ0n) is 23.4. The molecule has 0 aliphatic heterocycles. The molecule has 0 unspecified atom stereocenters. The molecule has 2 aromatic carbocycles. The number of anilines is 2. The van der Waals surface area contributed by atoms with Gasteiger partial charge in [0.25, 0.3) is 5.91 Å². The monoisotopic (exact) mass is 804 g/mol. The van der Waals surface area contributed by atoms with Gasteiger partial charge >= 0.3 is 5.97 Å². The summed E-state index contributed by atoms with van der Waals surface area (Å²) < 4.78 is 30.0. The molecular weight excluding hydrogens is 779 g/mol. The van der Waals surface area contributed by atoms with E-state index in [9.17, 15) is 18.4 Å². The summed E-state index contributed by atoms with van der Waals surface area (Å²) in [5.74, 6) is -2.75. The van der Waals surface area contributed by atoms with Gasteiger partial charge in [-0.1, -0.05) is 36.4 Å². The Kier molecular flexibility index (Phi) is 12.7. The average Bonchev–Trinajstić information content (AvgIpc) is 3.04. The van der Waals surface area contributed by atoms with Gasteiger partial charge in [-0.25, -0.2) is 14.8 Å². The van der Waals surface area contributed by atoms with Crippen molar-refractivity contribution < 1.29 is 54.6 Å². The number of nitrogens with two attached hydrogens (primary N) is 1. The van der Waals surface area contributed by atoms with Crippen LogP contribution in [0, 0.1) is 43.0 Å². The smallest absolute Gasteiger partial charge is 0.337 e. The molecule has 212 valence electrons. The van der Waals surface area contributed by atoms with Crippen LogP contribution < -0.4 is 11.1 Å². The molecular formula is C30H23BF2N6O3U. The number of aromatic carboxylic acids is 1. The van der Waals surface area contributed by atoms with Gasteiger partial charge < -0.3 is 16.2 Å². The predicted octanol–water partition coefficient (Wildman–Crippen LogP) is 5.11. The SMILES string of the molecule is Nc1cccc2cccnc12.O=C(Nc1cccc2cccnc12)c1ccc(F)nc1.O=C(O)c1ccc(F)nc1.[3H][B].[U]. The van der Waals surface area contributed by atoms with Gasteiger partial charge in [-0.2, -0.15) is 8.78 Å². The molecule has 1 amide bonds. The first-order valence-corrected chi connectivity index (χ1v) is 12.0. The number of carbonyl (C=O) groups is 2. The largest absolute Gasteiger partial charge is 0.478 e. The van der Waals surface area contributed by atoms with E-state index in [0.29, 0.717) is 16.8 Å². The van der Waals surface area contributed by atoms with Crippen molar-refractivity contribution in [3.8, 4) is 0 Å². The molecule has 0 saturated heterocycles. The number of nitrogen functional groups attached to an aromatic ring is 1. The molecule has 0 atom stereocenters. The molecule has 0 aliphatic rings. The molecule has 2 radical (unpaired) electrons. The normalized spacial score (nSPS) is 9.77. The van der Waals surface area contributed by atoms with Crippen molar-refractivity contribution in [1.29, 1.82) is 1.34 Å². The number of nitrogens with one attached hydrogen (secondary N) is 1. The molecule has 43 heavy (non-hydrogen) atoms. The molecule has 4 aromatic heterocycles. The number of nitrogens with zero attached hydrogens (tertiary/aromatic N) is 4. The molecule has 0 spiro atoms. The second-order valence-corrected chi connectivity index (χ2v) is 8.30. The van der Waals surface area contributed by atoms with Gasteiger partial charge in [-0.15, -0.1) is 0 Å². The fourth-order valence-electron chi connectivity index (χ4n) is 3.54. The topological polar surface area (TPSA) is 144 Å². The summed E-state index contributed by atoms with van der Waals surface area (Å²) in [6, 6.07) is 23.6. The third-order valence-electron chi connectivity index (χ3n) is 5.51. The number of carboxylic acid groups (broad SMARTS) is 1. The molecule has 0 bridgehead atoms. The number of para-hydroxylation sites is 2. The first kappa shape index (κ1) is 32.8. The number of carboxylic acids is 1. The van der Waals surface area contributed by atoms with E-state index in [1.807, 2.05) is 54.6 Å². The van der Waals surface area contributed by atoms with E-state index in [4.69, 9.17) is 12.2 Å². The fourth-order valence-corrected chi connectivity index (χ4v) is 3.54. The molecule has 0 aliphatic carbocycles. The Hall–Kier alpha value is -4.72. The Labute approximate surface area is 271 Å². The fraction of sp³-hybridized carbons (Fsp3) is 0. The molecule has 6 aromatic rings. The zero-order chi connectivity index (χ0) is 31.2. The van der Waals surface area contributed by atoms with Crippen molar-refractivity contribution in [2.24, 2.45) is 0 Å². The number of hydrogen-bond acceptors (Lipinski definition) is 7. The van der Waals surface area contributed by atoms with E-state index in [0.717, 1.165) is 46.4 Å². The summed E-state index contributed by atoms with van der Waals surface area (Å²) in [7, 11) is 3.75. The molecule has 9 nitrogen and oxygen atoms in total. The molecule has 0 saturated carbocycles. The van der Waals surface area contributed by atoms with E-state index < -0.39 is 17.9 Å². The third kappa shape index (κ3) is 9.67. The van der Waals surface area contributed by atoms with Gasteiger partial charge in [-0.3, -0.25) is 14.8 Å². The van der Waals surface area contributed by atoms with Crippen LogP contribution in [0.2, 0.25) is 0 Å². The molecule has 4 N–H and O–H groups in total. The Morgan fingerprint density at radius 1 is 0.721 bits per heavy atom. The van der Waals surface area contributed by atoms with Crippen molar-refractivity contribution >= 4 is 53.4 Å². The quantitative estimate of drug-likeness (QED) is 0.127. The van der Waals surface area contributed by atoms with Crippen molar-refractivity contribution in [2.45, 2.75) is 0 Å². The van der Waals surface area contributed by atoms with E-state index in [1.54, 1.807) is 18.5 Å². The van der Waals surface area contributed by atoms with Crippen LogP contribution in [0.1, 0.15) is 20.7 Å². The maximum atomic E-state index is 12.7. The van der Waals surface area contributed by atoms with Crippen LogP contribution in [-0.2, 0) is 0 Å².